The quantitative estimate of drug-likeness (QED) is 0.545. The standard InChI is InChI=1S/C11H9N5O2S2/c12-7-4-8(17)15-10(14-7)20-5-6-3-9(18)16-1-2-19-11(16)13-6/h1-4H,5H2,(H3,12,14,15,17). The Kier molecular flexibility index (Phi) is 3.28. The van der Waals surface area contributed by atoms with Gasteiger partial charge in [0.2, 0.25) is 0 Å². The van der Waals surface area contributed by atoms with Crippen LogP contribution in [0.25, 0.3) is 4.96 Å². The van der Waals surface area contributed by atoms with E-state index in [0.717, 1.165) is 0 Å². The van der Waals surface area contributed by atoms with E-state index in [-0.39, 0.29) is 16.9 Å². The highest BCUT2D eigenvalue weighted by Crippen LogP contribution is 2.17. The number of fused-ring (bicyclic) bond motifs is 1. The molecule has 20 heavy (non-hydrogen) atoms. The van der Waals surface area contributed by atoms with Crippen molar-refractivity contribution in [1.29, 1.82) is 0 Å². The first-order chi connectivity index (χ1) is 9.61. The number of anilines is 1. The first-order valence-electron chi connectivity index (χ1n) is 5.57. The topological polar surface area (TPSA) is 106 Å². The molecule has 0 atom stereocenters. The molecular weight excluding hydrogens is 298 g/mol. The van der Waals surface area contributed by atoms with Gasteiger partial charge in [-0.15, -0.1) is 11.3 Å². The number of hydrogen-bond donors (Lipinski definition) is 2. The summed E-state index contributed by atoms with van der Waals surface area (Å²) < 4.78 is 1.49. The van der Waals surface area contributed by atoms with E-state index in [9.17, 15) is 9.59 Å². The molecule has 0 bridgehead atoms. The lowest BCUT2D eigenvalue weighted by atomic mass is 10.4. The number of nitrogen functional groups attached to an aromatic ring is 1. The Labute approximate surface area is 120 Å². The van der Waals surface area contributed by atoms with Crippen LogP contribution in [0.3, 0.4) is 0 Å². The molecule has 0 aliphatic rings. The summed E-state index contributed by atoms with van der Waals surface area (Å²) in [5.41, 5.74) is 5.71. The second-order valence-corrected chi connectivity index (χ2v) is 5.74. The molecule has 102 valence electrons. The average molecular weight is 307 g/mol. The molecule has 0 radical (unpaired) electrons. The summed E-state index contributed by atoms with van der Waals surface area (Å²) in [4.78, 5) is 34.6. The summed E-state index contributed by atoms with van der Waals surface area (Å²) >= 11 is 2.66. The molecular formula is C11H9N5O2S2. The van der Waals surface area contributed by atoms with Gasteiger partial charge in [0.1, 0.15) is 5.82 Å². The molecule has 0 fully saturated rings. The summed E-state index contributed by atoms with van der Waals surface area (Å²) in [6.45, 7) is 0. The molecule has 3 aromatic rings. The van der Waals surface area contributed by atoms with Gasteiger partial charge in [-0.1, -0.05) is 11.8 Å². The number of hydrogen-bond acceptors (Lipinski definition) is 7. The number of thiazole rings is 1. The van der Waals surface area contributed by atoms with E-state index >= 15 is 0 Å². The third kappa shape index (κ3) is 2.58. The van der Waals surface area contributed by atoms with Gasteiger partial charge in [-0.2, -0.15) is 0 Å². The molecule has 0 aromatic carbocycles. The number of rotatable bonds is 3. The first-order valence-corrected chi connectivity index (χ1v) is 7.44. The Morgan fingerprint density at radius 3 is 3.00 bits per heavy atom. The lowest BCUT2D eigenvalue weighted by Crippen LogP contribution is -2.13. The predicted octanol–water partition coefficient (Wildman–Crippen LogP) is 0.714. The molecule has 3 rings (SSSR count). The first kappa shape index (κ1) is 12.9. The Morgan fingerprint density at radius 1 is 1.35 bits per heavy atom. The van der Waals surface area contributed by atoms with Gasteiger partial charge in [0.05, 0.1) is 5.69 Å². The second kappa shape index (κ2) is 5.10. The van der Waals surface area contributed by atoms with Gasteiger partial charge in [0.25, 0.3) is 11.1 Å². The summed E-state index contributed by atoms with van der Waals surface area (Å²) in [7, 11) is 0. The van der Waals surface area contributed by atoms with Gasteiger partial charge >= 0.3 is 0 Å². The summed E-state index contributed by atoms with van der Waals surface area (Å²) in [6.07, 6.45) is 1.68. The van der Waals surface area contributed by atoms with Crippen LogP contribution in [0.15, 0.2) is 38.5 Å². The summed E-state index contributed by atoms with van der Waals surface area (Å²) in [5.74, 6) is 0.591. The van der Waals surface area contributed by atoms with E-state index < -0.39 is 0 Å². The molecule has 0 aliphatic carbocycles. The maximum absolute atomic E-state index is 11.8. The highest BCUT2D eigenvalue weighted by molar-refractivity contribution is 7.98. The third-order valence-corrected chi connectivity index (χ3v) is 4.12. The van der Waals surface area contributed by atoms with Crippen LogP contribution in [0, 0.1) is 0 Å². The number of thioether (sulfide) groups is 1. The third-order valence-electron chi connectivity index (χ3n) is 2.45. The normalized spacial score (nSPS) is 11.0. The Bertz CT molecular complexity index is 882. The van der Waals surface area contributed by atoms with E-state index in [1.165, 1.54) is 39.6 Å². The minimum absolute atomic E-state index is 0.124. The zero-order valence-corrected chi connectivity index (χ0v) is 11.7. The molecule has 3 N–H and O–H groups in total. The number of aromatic nitrogens is 4. The van der Waals surface area contributed by atoms with E-state index in [1.807, 2.05) is 0 Å². The molecule has 7 nitrogen and oxygen atoms in total. The molecule has 0 unspecified atom stereocenters. The van der Waals surface area contributed by atoms with Gasteiger partial charge in [-0.05, 0) is 0 Å². The molecule has 3 heterocycles. The van der Waals surface area contributed by atoms with Crippen LogP contribution in [0.2, 0.25) is 0 Å². The Morgan fingerprint density at radius 2 is 2.20 bits per heavy atom. The molecule has 0 saturated carbocycles. The second-order valence-electron chi connectivity index (χ2n) is 3.91. The van der Waals surface area contributed by atoms with Crippen LogP contribution in [0.5, 0.6) is 0 Å². The molecule has 0 aliphatic heterocycles. The maximum atomic E-state index is 11.8. The number of nitrogens with zero attached hydrogens (tertiary/aromatic N) is 3. The van der Waals surface area contributed by atoms with E-state index in [2.05, 4.69) is 15.0 Å². The molecule has 0 spiro atoms. The summed E-state index contributed by atoms with van der Waals surface area (Å²) in [5, 5.41) is 2.21. The van der Waals surface area contributed by atoms with Gasteiger partial charge in [0.15, 0.2) is 10.1 Å². The van der Waals surface area contributed by atoms with Crippen molar-refractivity contribution in [3.63, 3.8) is 0 Å². The largest absolute Gasteiger partial charge is 0.383 e. The van der Waals surface area contributed by atoms with Crippen molar-refractivity contribution in [3.05, 3.63) is 50.1 Å². The van der Waals surface area contributed by atoms with Crippen LogP contribution >= 0.6 is 23.1 Å². The smallest absolute Gasteiger partial charge is 0.258 e. The van der Waals surface area contributed by atoms with Crippen molar-refractivity contribution in [2.45, 2.75) is 10.9 Å². The predicted molar refractivity (Wildman–Crippen MR) is 78.2 cm³/mol. The average Bonchev–Trinajstić information content (AvgIpc) is 2.84. The number of nitrogens with two attached hydrogens (primary N) is 1. The monoisotopic (exact) mass is 307 g/mol. The van der Waals surface area contributed by atoms with Crippen LogP contribution < -0.4 is 16.9 Å². The molecule has 0 amide bonds. The van der Waals surface area contributed by atoms with E-state index in [4.69, 9.17) is 5.73 Å². The van der Waals surface area contributed by atoms with Gasteiger partial charge in [0, 0.05) is 29.5 Å². The minimum atomic E-state index is -0.304. The number of nitrogens with one attached hydrogen (secondary N) is 1. The van der Waals surface area contributed by atoms with Crippen LogP contribution in [0.1, 0.15) is 5.69 Å². The van der Waals surface area contributed by atoms with Gasteiger partial charge < -0.3 is 10.7 Å². The van der Waals surface area contributed by atoms with Crippen molar-refractivity contribution in [2.75, 3.05) is 5.73 Å². The van der Waals surface area contributed by atoms with Crippen molar-refractivity contribution in [2.24, 2.45) is 0 Å². The fourth-order valence-electron chi connectivity index (χ4n) is 1.63. The van der Waals surface area contributed by atoms with Gasteiger partial charge in [-0.3, -0.25) is 14.0 Å². The fourth-order valence-corrected chi connectivity index (χ4v) is 3.14. The lowest BCUT2D eigenvalue weighted by Gasteiger charge is -2.01. The minimum Gasteiger partial charge on any atom is -0.383 e. The number of aromatic amines is 1. The maximum Gasteiger partial charge on any atom is 0.258 e. The molecule has 0 saturated heterocycles. The van der Waals surface area contributed by atoms with Crippen LogP contribution in [0.4, 0.5) is 5.82 Å². The SMILES string of the molecule is Nc1cc(=O)[nH]c(SCc2cc(=O)n3ccsc3n2)n1. The van der Waals surface area contributed by atoms with Crippen LogP contribution in [-0.2, 0) is 5.75 Å². The zero-order chi connectivity index (χ0) is 14.1. The summed E-state index contributed by atoms with van der Waals surface area (Å²) in [6, 6.07) is 2.68. The van der Waals surface area contributed by atoms with E-state index in [0.29, 0.717) is 21.6 Å². The molecule has 9 heteroatoms. The Balaban J connectivity index is 1.86. The number of H-pyrrole nitrogens is 1. The molecule has 3 aromatic heterocycles. The van der Waals surface area contributed by atoms with Crippen molar-refractivity contribution in [1.82, 2.24) is 19.4 Å². The van der Waals surface area contributed by atoms with Crippen molar-refractivity contribution < 1.29 is 0 Å². The fraction of sp³-hybridized carbons (Fsp3) is 0.0909. The zero-order valence-electron chi connectivity index (χ0n) is 10.1. The van der Waals surface area contributed by atoms with Gasteiger partial charge in [-0.25, -0.2) is 9.97 Å². The van der Waals surface area contributed by atoms with E-state index in [1.54, 1.807) is 11.6 Å². The highest BCUT2D eigenvalue weighted by Gasteiger charge is 2.05. The van der Waals surface area contributed by atoms with Crippen molar-refractivity contribution in [3.8, 4) is 0 Å². The van der Waals surface area contributed by atoms with Crippen LogP contribution in [-0.4, -0.2) is 19.4 Å². The lowest BCUT2D eigenvalue weighted by molar-refractivity contribution is 0.942. The highest BCUT2D eigenvalue weighted by atomic mass is 32.2. The van der Waals surface area contributed by atoms with Crippen molar-refractivity contribution >= 4 is 33.9 Å². The Hall–Kier alpha value is -2.13.